The SMILES string of the molecule is CCNCc1cccc(Cl)c1OCC(=O)NC(C)COC. The third-order valence-corrected chi connectivity index (χ3v) is 3.08. The third kappa shape index (κ3) is 6.33. The molecule has 1 atom stereocenters. The molecule has 6 heteroatoms. The molecule has 2 N–H and O–H groups in total. The number of methoxy groups -OCH3 is 1. The molecule has 1 aromatic carbocycles. The summed E-state index contributed by atoms with van der Waals surface area (Å²) < 4.78 is 10.5. The lowest BCUT2D eigenvalue weighted by Crippen LogP contribution is -2.38. The van der Waals surface area contributed by atoms with E-state index in [4.69, 9.17) is 21.1 Å². The predicted octanol–water partition coefficient (Wildman–Crippen LogP) is 1.98. The van der Waals surface area contributed by atoms with Gasteiger partial charge in [0.15, 0.2) is 6.61 Å². The Morgan fingerprint density at radius 3 is 2.86 bits per heavy atom. The number of halogens is 1. The topological polar surface area (TPSA) is 59.6 Å². The van der Waals surface area contributed by atoms with E-state index in [0.29, 0.717) is 23.9 Å². The van der Waals surface area contributed by atoms with Gasteiger partial charge in [0.05, 0.1) is 11.6 Å². The number of amides is 1. The summed E-state index contributed by atoms with van der Waals surface area (Å²) in [6.07, 6.45) is 0. The van der Waals surface area contributed by atoms with Crippen molar-refractivity contribution in [2.24, 2.45) is 0 Å². The first kappa shape index (κ1) is 17.8. The fraction of sp³-hybridized carbons (Fsp3) is 0.533. The molecule has 1 aromatic rings. The minimum atomic E-state index is -0.200. The van der Waals surface area contributed by atoms with Crippen molar-refractivity contribution in [3.8, 4) is 5.75 Å². The molecular weight excluding hydrogens is 292 g/mol. The van der Waals surface area contributed by atoms with Gasteiger partial charge in [-0.1, -0.05) is 30.7 Å². The van der Waals surface area contributed by atoms with Crippen LogP contribution in [0.1, 0.15) is 19.4 Å². The highest BCUT2D eigenvalue weighted by molar-refractivity contribution is 6.32. The van der Waals surface area contributed by atoms with Gasteiger partial charge in [-0.15, -0.1) is 0 Å². The number of hydrogen-bond acceptors (Lipinski definition) is 4. The first-order valence-corrected chi connectivity index (χ1v) is 7.35. The van der Waals surface area contributed by atoms with Gasteiger partial charge in [0.1, 0.15) is 5.75 Å². The zero-order valence-electron chi connectivity index (χ0n) is 12.7. The zero-order chi connectivity index (χ0) is 15.7. The summed E-state index contributed by atoms with van der Waals surface area (Å²) in [6.45, 7) is 5.78. The Kier molecular flexibility index (Phi) is 8.12. The van der Waals surface area contributed by atoms with E-state index < -0.39 is 0 Å². The molecule has 5 nitrogen and oxygen atoms in total. The normalized spacial score (nSPS) is 12.0. The predicted molar refractivity (Wildman–Crippen MR) is 83.8 cm³/mol. The van der Waals surface area contributed by atoms with Crippen LogP contribution in [0.2, 0.25) is 5.02 Å². The molecule has 0 fully saturated rings. The number of hydrogen-bond donors (Lipinski definition) is 2. The van der Waals surface area contributed by atoms with Crippen LogP contribution in [0.5, 0.6) is 5.75 Å². The van der Waals surface area contributed by atoms with Gasteiger partial charge in [0.2, 0.25) is 0 Å². The highest BCUT2D eigenvalue weighted by Gasteiger charge is 2.12. The Morgan fingerprint density at radius 2 is 2.19 bits per heavy atom. The second kappa shape index (κ2) is 9.60. The maximum Gasteiger partial charge on any atom is 0.258 e. The van der Waals surface area contributed by atoms with Gasteiger partial charge in [-0.3, -0.25) is 4.79 Å². The highest BCUT2D eigenvalue weighted by atomic mass is 35.5. The molecular formula is C15H23ClN2O3. The Balaban J connectivity index is 2.59. The van der Waals surface area contributed by atoms with E-state index in [9.17, 15) is 4.79 Å². The van der Waals surface area contributed by atoms with Crippen LogP contribution in [0.4, 0.5) is 0 Å². The molecule has 118 valence electrons. The molecule has 0 saturated carbocycles. The molecule has 21 heavy (non-hydrogen) atoms. The molecule has 0 aliphatic carbocycles. The molecule has 1 rings (SSSR count). The average molecular weight is 315 g/mol. The van der Waals surface area contributed by atoms with Crippen LogP contribution in [-0.2, 0) is 16.1 Å². The maximum atomic E-state index is 11.8. The molecule has 1 amide bonds. The second-order valence-corrected chi connectivity index (χ2v) is 5.13. The monoisotopic (exact) mass is 314 g/mol. The lowest BCUT2D eigenvalue weighted by molar-refractivity contribution is -0.124. The number of carbonyl (C=O) groups excluding carboxylic acids is 1. The molecule has 0 bridgehead atoms. The van der Waals surface area contributed by atoms with Crippen LogP contribution in [-0.4, -0.2) is 38.8 Å². The molecule has 0 saturated heterocycles. The summed E-state index contributed by atoms with van der Waals surface area (Å²) in [7, 11) is 1.59. The van der Waals surface area contributed by atoms with Crippen LogP contribution in [0.3, 0.4) is 0 Å². The van der Waals surface area contributed by atoms with Gasteiger partial charge >= 0.3 is 0 Å². The van der Waals surface area contributed by atoms with Crippen molar-refractivity contribution in [3.63, 3.8) is 0 Å². The molecule has 0 aliphatic heterocycles. The van der Waals surface area contributed by atoms with E-state index in [2.05, 4.69) is 10.6 Å². The zero-order valence-corrected chi connectivity index (χ0v) is 13.5. The smallest absolute Gasteiger partial charge is 0.258 e. The third-order valence-electron chi connectivity index (χ3n) is 2.79. The number of carbonyl (C=O) groups is 1. The van der Waals surface area contributed by atoms with Crippen LogP contribution in [0.15, 0.2) is 18.2 Å². The lowest BCUT2D eigenvalue weighted by atomic mass is 10.2. The Hall–Kier alpha value is -1.30. The standard InChI is InChI=1S/C15H23ClN2O3/c1-4-17-8-12-6-5-7-13(16)15(12)21-10-14(19)18-11(2)9-20-3/h5-7,11,17H,4,8-10H2,1-3H3,(H,18,19). The Morgan fingerprint density at radius 1 is 1.43 bits per heavy atom. The summed E-state index contributed by atoms with van der Waals surface area (Å²) >= 11 is 6.14. The molecule has 0 heterocycles. The molecule has 0 spiro atoms. The van der Waals surface area contributed by atoms with Gasteiger partial charge in [0.25, 0.3) is 5.91 Å². The quantitative estimate of drug-likeness (QED) is 0.732. The van der Waals surface area contributed by atoms with Gasteiger partial charge in [-0.25, -0.2) is 0 Å². The number of para-hydroxylation sites is 1. The summed E-state index contributed by atoms with van der Waals surface area (Å²) in [5, 5.41) is 6.50. The van der Waals surface area contributed by atoms with Crippen molar-refractivity contribution < 1.29 is 14.3 Å². The van der Waals surface area contributed by atoms with Gasteiger partial charge in [0, 0.05) is 25.3 Å². The van der Waals surface area contributed by atoms with E-state index in [1.165, 1.54) is 0 Å². The molecule has 0 aliphatic rings. The fourth-order valence-corrected chi connectivity index (χ4v) is 2.11. The number of ether oxygens (including phenoxy) is 2. The minimum Gasteiger partial charge on any atom is -0.482 e. The largest absolute Gasteiger partial charge is 0.482 e. The summed E-state index contributed by atoms with van der Waals surface area (Å²) in [4.78, 5) is 11.8. The van der Waals surface area contributed by atoms with E-state index in [1.54, 1.807) is 13.2 Å². The van der Waals surface area contributed by atoms with Crippen molar-refractivity contribution in [1.82, 2.24) is 10.6 Å². The van der Waals surface area contributed by atoms with Gasteiger partial charge in [-0.05, 0) is 19.5 Å². The first-order chi connectivity index (χ1) is 10.1. The Labute approximate surface area is 131 Å². The van der Waals surface area contributed by atoms with Crippen molar-refractivity contribution in [2.75, 3.05) is 26.9 Å². The van der Waals surface area contributed by atoms with Crippen molar-refractivity contribution in [3.05, 3.63) is 28.8 Å². The summed E-state index contributed by atoms with van der Waals surface area (Å²) in [5.41, 5.74) is 0.932. The Bertz CT molecular complexity index is 455. The molecule has 1 unspecified atom stereocenters. The van der Waals surface area contributed by atoms with Crippen LogP contribution >= 0.6 is 11.6 Å². The number of rotatable bonds is 9. The van der Waals surface area contributed by atoms with E-state index in [1.807, 2.05) is 26.0 Å². The van der Waals surface area contributed by atoms with Crippen LogP contribution in [0, 0.1) is 0 Å². The van der Waals surface area contributed by atoms with E-state index in [-0.39, 0.29) is 18.6 Å². The number of nitrogens with one attached hydrogen (secondary N) is 2. The van der Waals surface area contributed by atoms with Crippen LogP contribution < -0.4 is 15.4 Å². The maximum absolute atomic E-state index is 11.8. The molecule has 0 radical (unpaired) electrons. The highest BCUT2D eigenvalue weighted by Crippen LogP contribution is 2.28. The summed E-state index contributed by atoms with van der Waals surface area (Å²) in [6, 6.07) is 5.48. The average Bonchev–Trinajstić information content (AvgIpc) is 2.44. The summed E-state index contributed by atoms with van der Waals surface area (Å²) in [5.74, 6) is 0.350. The lowest BCUT2D eigenvalue weighted by Gasteiger charge is -2.15. The second-order valence-electron chi connectivity index (χ2n) is 4.72. The van der Waals surface area contributed by atoms with Crippen molar-refractivity contribution in [1.29, 1.82) is 0 Å². The van der Waals surface area contributed by atoms with Crippen LogP contribution in [0.25, 0.3) is 0 Å². The van der Waals surface area contributed by atoms with Crippen molar-refractivity contribution >= 4 is 17.5 Å². The number of benzene rings is 1. The minimum absolute atomic E-state index is 0.0569. The molecule has 0 aromatic heterocycles. The van der Waals surface area contributed by atoms with Gasteiger partial charge in [-0.2, -0.15) is 0 Å². The van der Waals surface area contributed by atoms with E-state index >= 15 is 0 Å². The van der Waals surface area contributed by atoms with E-state index in [0.717, 1.165) is 12.1 Å². The van der Waals surface area contributed by atoms with Gasteiger partial charge < -0.3 is 20.1 Å². The first-order valence-electron chi connectivity index (χ1n) is 6.97. The fourth-order valence-electron chi connectivity index (χ4n) is 1.86. The van der Waals surface area contributed by atoms with Crippen molar-refractivity contribution in [2.45, 2.75) is 26.4 Å².